The normalized spacial score (nSPS) is 18.1. The Hall–Kier alpha value is 0.130. The average Bonchev–Trinajstić information content (AvgIpc) is 2.68. The fourth-order valence-electron chi connectivity index (χ4n) is 1.73. The summed E-state index contributed by atoms with van der Waals surface area (Å²) in [6.45, 7) is -3.73. The molecule has 0 bridgehead atoms. The predicted octanol–water partition coefficient (Wildman–Crippen LogP) is -2.78. The molecule has 0 saturated heterocycles. The Bertz CT molecular complexity index is 635. The molecule has 0 spiro atoms. The summed E-state index contributed by atoms with van der Waals surface area (Å²) in [6, 6.07) is 0. The molecule has 0 fully saturated rings. The first-order valence-corrected chi connectivity index (χ1v) is 13.3. The second-order valence-corrected chi connectivity index (χ2v) is 9.69. The monoisotopic (exact) mass is 534 g/mol. The van der Waals surface area contributed by atoms with Crippen LogP contribution in [0.5, 0.6) is 0 Å². The topological polar surface area (TPSA) is 247 Å². The van der Waals surface area contributed by atoms with E-state index in [-0.39, 0.29) is 20.1 Å². The number of ether oxygens (including phenoxy) is 2. The first kappa shape index (κ1) is 32.1. The number of phosphoric ester groups is 3. The molecule has 4 unspecified atom stereocenters. The van der Waals surface area contributed by atoms with E-state index < -0.39 is 68.7 Å². The molecule has 194 valence electrons. The van der Waals surface area contributed by atoms with E-state index in [9.17, 15) is 23.5 Å². The van der Waals surface area contributed by atoms with Gasteiger partial charge in [0.05, 0.1) is 53.1 Å². The maximum atomic E-state index is 11.7. The van der Waals surface area contributed by atoms with Crippen LogP contribution in [-0.2, 0) is 45.8 Å². The van der Waals surface area contributed by atoms with Gasteiger partial charge in [-0.05, 0) is 14.1 Å². The maximum Gasteiger partial charge on any atom is 0.470 e. The summed E-state index contributed by atoms with van der Waals surface area (Å²) in [5.74, 6) is 0. The van der Waals surface area contributed by atoms with Crippen LogP contribution in [0.25, 0.3) is 0 Å². The highest BCUT2D eigenvalue weighted by atomic mass is 31.2. The van der Waals surface area contributed by atoms with Crippen molar-refractivity contribution in [1.82, 2.24) is 10.6 Å². The third-order valence-electron chi connectivity index (χ3n) is 2.87. The SMILES string of the molecule is CNCOCC(COP(=O)([O-])OCCOP(=O)([O-])OC(CO)COCNC)OP(=O)(O)O. The Morgan fingerprint density at radius 2 is 1.28 bits per heavy atom. The van der Waals surface area contributed by atoms with Gasteiger partial charge in [-0.15, -0.1) is 0 Å². The predicted molar refractivity (Wildman–Crippen MR) is 102 cm³/mol. The first-order chi connectivity index (χ1) is 14.8. The van der Waals surface area contributed by atoms with Crippen LogP contribution < -0.4 is 20.4 Å². The van der Waals surface area contributed by atoms with Crippen molar-refractivity contribution in [3.8, 4) is 0 Å². The molecule has 0 aromatic heterocycles. The van der Waals surface area contributed by atoms with E-state index in [2.05, 4.69) is 33.3 Å². The molecule has 4 atom stereocenters. The summed E-state index contributed by atoms with van der Waals surface area (Å²) in [5, 5.41) is 14.3. The highest BCUT2D eigenvalue weighted by Crippen LogP contribution is 2.43. The van der Waals surface area contributed by atoms with Gasteiger partial charge in [-0.1, -0.05) is 0 Å². The van der Waals surface area contributed by atoms with Gasteiger partial charge in [0.1, 0.15) is 12.2 Å². The molecular formula is C12H29N2O15P3-2. The number of hydrogen-bond donors (Lipinski definition) is 5. The van der Waals surface area contributed by atoms with E-state index in [1.807, 2.05) is 0 Å². The third-order valence-corrected chi connectivity index (χ3v) is 5.46. The zero-order chi connectivity index (χ0) is 24.7. The van der Waals surface area contributed by atoms with Crippen molar-refractivity contribution >= 4 is 23.5 Å². The minimum atomic E-state index is -5.02. The molecule has 20 heteroatoms. The van der Waals surface area contributed by atoms with Gasteiger partial charge < -0.3 is 52.2 Å². The van der Waals surface area contributed by atoms with Gasteiger partial charge in [0.15, 0.2) is 0 Å². The van der Waals surface area contributed by atoms with Gasteiger partial charge in [-0.2, -0.15) is 0 Å². The Balaban J connectivity index is 4.43. The average molecular weight is 534 g/mol. The maximum absolute atomic E-state index is 11.7. The summed E-state index contributed by atoms with van der Waals surface area (Å²) in [4.78, 5) is 41.1. The molecule has 32 heavy (non-hydrogen) atoms. The Kier molecular flexibility index (Phi) is 16.8. The van der Waals surface area contributed by atoms with Crippen molar-refractivity contribution < 1.29 is 70.5 Å². The van der Waals surface area contributed by atoms with Gasteiger partial charge in [-0.3, -0.25) is 24.3 Å². The molecule has 0 rings (SSSR count). The summed E-state index contributed by atoms with van der Waals surface area (Å²) >= 11 is 0. The van der Waals surface area contributed by atoms with Crippen molar-refractivity contribution in [2.24, 2.45) is 0 Å². The lowest BCUT2D eigenvalue weighted by Gasteiger charge is -2.28. The molecule has 5 N–H and O–H groups in total. The van der Waals surface area contributed by atoms with Crippen LogP contribution in [0.2, 0.25) is 0 Å². The standard InChI is InChI=1S/C12H31N2O15P3/c1-13-9-23-6-11(5-15)29-32(21,22)26-4-3-25-31(19,20)27-8-12(7-24-10-14-2)28-30(16,17)18/h11-15H,3-10H2,1-2H3,(H,19,20)(H,21,22)(H2,16,17,18)/p-2. The number of rotatable bonds is 21. The van der Waals surface area contributed by atoms with E-state index in [1.165, 1.54) is 7.05 Å². The zero-order valence-electron chi connectivity index (χ0n) is 17.4. The minimum Gasteiger partial charge on any atom is -0.756 e. The van der Waals surface area contributed by atoms with E-state index in [4.69, 9.17) is 24.4 Å². The van der Waals surface area contributed by atoms with Gasteiger partial charge in [0.2, 0.25) is 0 Å². The summed E-state index contributed by atoms with van der Waals surface area (Å²) in [6.07, 6.45) is -2.69. The second-order valence-electron chi connectivity index (χ2n) is 5.72. The lowest BCUT2D eigenvalue weighted by molar-refractivity contribution is -0.238. The largest absolute Gasteiger partial charge is 0.756 e. The Morgan fingerprint density at radius 1 is 0.781 bits per heavy atom. The van der Waals surface area contributed by atoms with Crippen LogP contribution in [0.3, 0.4) is 0 Å². The van der Waals surface area contributed by atoms with Gasteiger partial charge >= 0.3 is 7.82 Å². The van der Waals surface area contributed by atoms with Crippen LogP contribution in [0.4, 0.5) is 0 Å². The van der Waals surface area contributed by atoms with Gasteiger partial charge in [0.25, 0.3) is 15.6 Å². The van der Waals surface area contributed by atoms with Crippen LogP contribution >= 0.6 is 23.5 Å². The van der Waals surface area contributed by atoms with Crippen molar-refractivity contribution in [2.45, 2.75) is 12.2 Å². The highest BCUT2D eigenvalue weighted by molar-refractivity contribution is 7.46. The quantitative estimate of drug-likeness (QED) is 0.0567. The minimum absolute atomic E-state index is 0.0139. The molecular weight excluding hydrogens is 505 g/mol. The van der Waals surface area contributed by atoms with Crippen LogP contribution in [0, 0.1) is 0 Å². The van der Waals surface area contributed by atoms with E-state index in [0.29, 0.717) is 0 Å². The van der Waals surface area contributed by atoms with E-state index in [0.717, 1.165) is 0 Å². The summed E-state index contributed by atoms with van der Waals surface area (Å²) < 4.78 is 66.4. The third kappa shape index (κ3) is 18.5. The van der Waals surface area contributed by atoms with Crippen molar-refractivity contribution in [2.75, 3.05) is 67.2 Å². The van der Waals surface area contributed by atoms with Crippen molar-refractivity contribution in [3.63, 3.8) is 0 Å². The van der Waals surface area contributed by atoms with E-state index in [1.54, 1.807) is 7.05 Å². The fourth-order valence-corrected chi connectivity index (χ4v) is 3.81. The van der Waals surface area contributed by atoms with Crippen LogP contribution in [-0.4, -0.2) is 94.3 Å². The molecule has 17 nitrogen and oxygen atoms in total. The second kappa shape index (κ2) is 16.7. The molecule has 0 aromatic rings. The molecule has 0 saturated carbocycles. The molecule has 0 aliphatic rings. The van der Waals surface area contributed by atoms with Crippen molar-refractivity contribution in [3.05, 3.63) is 0 Å². The van der Waals surface area contributed by atoms with Crippen molar-refractivity contribution in [1.29, 1.82) is 0 Å². The molecule has 0 aliphatic carbocycles. The lowest BCUT2D eigenvalue weighted by Crippen LogP contribution is -2.28. The Labute approximate surface area is 184 Å². The lowest BCUT2D eigenvalue weighted by atomic mass is 10.4. The fraction of sp³-hybridized carbons (Fsp3) is 1.00. The highest BCUT2D eigenvalue weighted by Gasteiger charge is 2.25. The van der Waals surface area contributed by atoms with E-state index >= 15 is 0 Å². The number of nitrogens with one attached hydrogen (secondary N) is 2. The van der Waals surface area contributed by atoms with Gasteiger partial charge in [0, 0.05) is 0 Å². The first-order valence-electron chi connectivity index (χ1n) is 8.87. The van der Waals surface area contributed by atoms with Gasteiger partial charge in [-0.25, -0.2) is 4.57 Å². The summed E-state index contributed by atoms with van der Waals surface area (Å²) in [7, 11) is -11.8. The molecule has 0 aliphatic heterocycles. The van der Waals surface area contributed by atoms with Crippen LogP contribution in [0.1, 0.15) is 0 Å². The Morgan fingerprint density at radius 3 is 1.75 bits per heavy atom. The number of aliphatic hydroxyl groups excluding tert-OH is 1. The smallest absolute Gasteiger partial charge is 0.470 e. The van der Waals surface area contributed by atoms with Crippen LogP contribution in [0.15, 0.2) is 0 Å². The number of aliphatic hydroxyl groups is 1. The summed E-state index contributed by atoms with van der Waals surface area (Å²) in [5.41, 5.74) is 0. The molecule has 0 radical (unpaired) electrons. The molecule has 0 aromatic carbocycles. The number of hydrogen-bond acceptors (Lipinski definition) is 15. The number of phosphoric acid groups is 3. The zero-order valence-corrected chi connectivity index (χ0v) is 20.1. The molecule has 0 heterocycles. The molecule has 0 amide bonds.